The lowest BCUT2D eigenvalue weighted by molar-refractivity contribution is -0.161. The molecule has 2 unspecified atom stereocenters. The lowest BCUT2D eigenvalue weighted by Crippen LogP contribution is -2.30. The summed E-state index contributed by atoms with van der Waals surface area (Å²) in [5.41, 5.74) is 0. The molecule has 0 aliphatic carbocycles. The van der Waals surface area contributed by atoms with Crippen molar-refractivity contribution < 1.29 is 80.2 Å². The summed E-state index contributed by atoms with van der Waals surface area (Å²) < 4.78 is 68.2. The average molecular weight is 1340 g/mol. The van der Waals surface area contributed by atoms with Gasteiger partial charge in [0.15, 0.2) is 12.2 Å². The summed E-state index contributed by atoms with van der Waals surface area (Å²) in [6.45, 7) is 4.91. The molecule has 0 aliphatic heterocycles. The van der Waals surface area contributed by atoms with E-state index in [1.807, 2.05) is 0 Å². The summed E-state index contributed by atoms with van der Waals surface area (Å²) >= 11 is 0. The Labute approximate surface area is 556 Å². The van der Waals surface area contributed by atoms with Crippen molar-refractivity contribution in [3.05, 3.63) is 0 Å². The van der Waals surface area contributed by atoms with Gasteiger partial charge in [-0.05, 0) is 25.7 Å². The second-order valence-corrected chi connectivity index (χ2v) is 28.9. The molecule has 19 heteroatoms. The van der Waals surface area contributed by atoms with Crippen LogP contribution >= 0.6 is 15.6 Å². The van der Waals surface area contributed by atoms with Crippen LogP contribution in [0.5, 0.6) is 0 Å². The summed E-state index contributed by atoms with van der Waals surface area (Å²) in [4.78, 5) is 72.4. The van der Waals surface area contributed by atoms with E-state index in [9.17, 15) is 43.2 Å². The van der Waals surface area contributed by atoms with Gasteiger partial charge in [0.1, 0.15) is 19.3 Å². The second kappa shape index (κ2) is 66.7. The maximum Gasteiger partial charge on any atom is 0.472 e. The number of aliphatic hydroxyl groups excluding tert-OH is 1. The number of hydrogen-bond acceptors (Lipinski definition) is 15. The second-order valence-electron chi connectivity index (χ2n) is 26.0. The Balaban J connectivity index is 5.14. The first-order chi connectivity index (χ1) is 44.2. The van der Waals surface area contributed by atoms with Crippen molar-refractivity contribution in [2.24, 2.45) is 0 Å². The molecule has 0 amide bonds. The zero-order chi connectivity index (χ0) is 66.8. The van der Waals surface area contributed by atoms with Gasteiger partial charge in [0.25, 0.3) is 0 Å². The number of aliphatic hydroxyl groups is 1. The molecule has 0 saturated carbocycles. The lowest BCUT2D eigenvalue weighted by Gasteiger charge is -2.21. The van der Waals surface area contributed by atoms with Crippen LogP contribution in [0.2, 0.25) is 0 Å². The zero-order valence-corrected chi connectivity index (χ0v) is 60.6. The van der Waals surface area contributed by atoms with Gasteiger partial charge in [-0.2, -0.15) is 0 Å². The van der Waals surface area contributed by atoms with Crippen molar-refractivity contribution in [3.63, 3.8) is 0 Å². The fraction of sp³-hybridized carbons (Fsp3) is 0.944. The first-order valence-electron chi connectivity index (χ1n) is 37.8. The van der Waals surface area contributed by atoms with Crippen LogP contribution < -0.4 is 0 Å². The normalized spacial score (nSPS) is 14.0. The Morgan fingerprint density at radius 1 is 0.264 bits per heavy atom. The van der Waals surface area contributed by atoms with E-state index in [0.29, 0.717) is 25.7 Å². The number of hydrogen-bond donors (Lipinski definition) is 3. The zero-order valence-electron chi connectivity index (χ0n) is 58.8. The molecule has 0 fully saturated rings. The minimum atomic E-state index is -4.95. The van der Waals surface area contributed by atoms with Crippen molar-refractivity contribution in [2.75, 3.05) is 39.6 Å². The Kier molecular flexibility index (Phi) is 65.2. The van der Waals surface area contributed by atoms with Crippen LogP contribution in [0.3, 0.4) is 0 Å². The molecule has 0 aromatic carbocycles. The van der Waals surface area contributed by atoms with Gasteiger partial charge in [-0.1, -0.05) is 329 Å². The van der Waals surface area contributed by atoms with Crippen molar-refractivity contribution in [1.29, 1.82) is 0 Å². The maximum atomic E-state index is 13.0. The van der Waals surface area contributed by atoms with Crippen molar-refractivity contribution >= 4 is 39.5 Å². The Morgan fingerprint density at radius 3 is 0.648 bits per heavy atom. The number of ether oxygens (including phenoxy) is 4. The number of rotatable bonds is 73. The molecule has 0 bridgehead atoms. The molecule has 540 valence electrons. The molecule has 0 spiro atoms. The lowest BCUT2D eigenvalue weighted by atomic mass is 10.0. The van der Waals surface area contributed by atoms with Gasteiger partial charge in [-0.25, -0.2) is 9.13 Å². The predicted molar refractivity (Wildman–Crippen MR) is 368 cm³/mol. The molecule has 5 atom stereocenters. The van der Waals surface area contributed by atoms with E-state index in [-0.39, 0.29) is 25.7 Å². The number of carbonyl (C=O) groups is 4. The number of unbranched alkanes of at least 4 members (excludes halogenated alkanes) is 47. The Hall–Kier alpha value is -1.94. The van der Waals surface area contributed by atoms with Gasteiger partial charge >= 0.3 is 39.5 Å². The summed E-state index contributed by atoms with van der Waals surface area (Å²) in [6, 6.07) is 0. The highest BCUT2D eigenvalue weighted by molar-refractivity contribution is 7.47. The standard InChI is InChI=1S/C72H140O17P2/c1-5-9-13-17-21-25-27-29-30-31-32-33-34-35-36-38-40-43-47-51-55-59-72(77)89-68(63-83-70(75)57-53-49-45-42-39-37-28-26-22-18-14-10-6-2)65-87-91(80,81)85-61-66(73)60-84-90(78,79)86-64-67(62-82-69(74)56-52-48-44-24-20-16-12-8-4)88-71(76)58-54-50-46-41-23-19-15-11-7-3/h66-68,73H,5-65H2,1-4H3,(H,78,79)(H,80,81)/t66-,67+,68+/m0/s1. The minimum absolute atomic E-state index is 0.106. The van der Waals surface area contributed by atoms with E-state index in [2.05, 4.69) is 27.7 Å². The first-order valence-corrected chi connectivity index (χ1v) is 40.8. The largest absolute Gasteiger partial charge is 0.472 e. The average Bonchev–Trinajstić information content (AvgIpc) is 3.63. The summed E-state index contributed by atoms with van der Waals surface area (Å²) in [5.74, 6) is -2.12. The van der Waals surface area contributed by atoms with Crippen LogP contribution in [0.15, 0.2) is 0 Å². The quantitative estimate of drug-likeness (QED) is 0.0222. The van der Waals surface area contributed by atoms with Crippen molar-refractivity contribution in [3.8, 4) is 0 Å². The van der Waals surface area contributed by atoms with Crippen LogP contribution in [0.25, 0.3) is 0 Å². The fourth-order valence-corrected chi connectivity index (χ4v) is 12.6. The Bertz CT molecular complexity index is 1740. The predicted octanol–water partition coefficient (Wildman–Crippen LogP) is 21.1. The van der Waals surface area contributed by atoms with Crippen LogP contribution in [0, 0.1) is 0 Å². The molecular formula is C72H140O17P2. The minimum Gasteiger partial charge on any atom is -0.462 e. The van der Waals surface area contributed by atoms with Crippen molar-refractivity contribution in [2.45, 2.75) is 399 Å². The molecule has 0 saturated heterocycles. The molecule has 0 radical (unpaired) electrons. The van der Waals surface area contributed by atoms with Crippen molar-refractivity contribution in [1.82, 2.24) is 0 Å². The maximum absolute atomic E-state index is 13.0. The van der Waals surface area contributed by atoms with Crippen LogP contribution in [0.1, 0.15) is 381 Å². The van der Waals surface area contributed by atoms with E-state index >= 15 is 0 Å². The third kappa shape index (κ3) is 66.5. The molecule has 0 heterocycles. The topological polar surface area (TPSA) is 237 Å². The number of phosphoric acid groups is 2. The summed E-state index contributed by atoms with van der Waals surface area (Å²) in [6.07, 6.45) is 55.7. The molecule has 91 heavy (non-hydrogen) atoms. The van der Waals surface area contributed by atoms with Gasteiger partial charge in [-0.3, -0.25) is 37.3 Å². The highest BCUT2D eigenvalue weighted by Gasteiger charge is 2.30. The van der Waals surface area contributed by atoms with Gasteiger partial charge in [0.05, 0.1) is 26.4 Å². The van der Waals surface area contributed by atoms with Gasteiger partial charge < -0.3 is 33.8 Å². The Morgan fingerprint density at radius 2 is 0.440 bits per heavy atom. The van der Waals surface area contributed by atoms with E-state index in [1.54, 1.807) is 0 Å². The highest BCUT2D eigenvalue weighted by Crippen LogP contribution is 2.45. The van der Waals surface area contributed by atoms with Crippen LogP contribution in [-0.2, 0) is 65.4 Å². The first kappa shape index (κ1) is 89.1. The molecule has 0 aromatic rings. The van der Waals surface area contributed by atoms with E-state index < -0.39 is 97.5 Å². The van der Waals surface area contributed by atoms with E-state index in [0.717, 1.165) is 96.3 Å². The van der Waals surface area contributed by atoms with Crippen LogP contribution in [-0.4, -0.2) is 96.7 Å². The van der Waals surface area contributed by atoms with Crippen LogP contribution in [0.4, 0.5) is 0 Å². The molecule has 0 rings (SSSR count). The highest BCUT2D eigenvalue weighted by atomic mass is 31.2. The van der Waals surface area contributed by atoms with E-state index in [4.69, 9.17) is 37.0 Å². The molecular weight excluding hydrogens is 1200 g/mol. The smallest absolute Gasteiger partial charge is 0.462 e. The summed E-state index contributed by atoms with van der Waals surface area (Å²) in [5, 5.41) is 10.6. The molecule has 3 N–H and O–H groups in total. The number of phosphoric ester groups is 2. The molecule has 0 aliphatic rings. The monoisotopic (exact) mass is 1340 g/mol. The molecule has 0 aromatic heterocycles. The van der Waals surface area contributed by atoms with Gasteiger partial charge in [-0.15, -0.1) is 0 Å². The third-order valence-corrected chi connectivity index (χ3v) is 18.8. The molecule has 17 nitrogen and oxygen atoms in total. The SMILES string of the molecule is CCCCCCCCCCCCCCCCCCCCCCCC(=O)O[C@H](COC(=O)CCCCCCCCCCCCCCC)COP(=O)(O)OC[C@@H](O)COP(=O)(O)OC[C@@H](COC(=O)CCCCCCCCCC)OC(=O)CCCCCCCCCCC. The number of carbonyl (C=O) groups excluding carboxylic acids is 4. The number of esters is 4. The van der Waals surface area contributed by atoms with Gasteiger partial charge in [0.2, 0.25) is 0 Å². The third-order valence-electron chi connectivity index (χ3n) is 16.9. The van der Waals surface area contributed by atoms with E-state index in [1.165, 1.54) is 205 Å². The summed E-state index contributed by atoms with van der Waals surface area (Å²) in [7, 11) is -9.89. The fourth-order valence-electron chi connectivity index (χ4n) is 11.0. The van der Waals surface area contributed by atoms with Gasteiger partial charge in [0, 0.05) is 25.7 Å².